The van der Waals surface area contributed by atoms with Crippen molar-refractivity contribution >= 4 is 5.97 Å². The van der Waals surface area contributed by atoms with E-state index in [1.54, 1.807) is 6.92 Å². The number of unbranched alkanes of at least 4 members (excludes halogenated alkanes) is 3. The lowest BCUT2D eigenvalue weighted by atomic mass is 10.1. The van der Waals surface area contributed by atoms with Gasteiger partial charge in [0.1, 0.15) is 5.75 Å². The average Bonchev–Trinajstić information content (AvgIpc) is 2.36. The van der Waals surface area contributed by atoms with Crippen LogP contribution in [0.3, 0.4) is 0 Å². The van der Waals surface area contributed by atoms with Gasteiger partial charge in [-0.15, -0.1) is 0 Å². The third-order valence-electron chi connectivity index (χ3n) is 2.72. The van der Waals surface area contributed by atoms with Crippen molar-refractivity contribution in [3.8, 4) is 5.75 Å². The van der Waals surface area contributed by atoms with Gasteiger partial charge in [-0.2, -0.15) is 0 Å². The molecule has 0 aliphatic carbocycles. The molecule has 0 amide bonds. The molecule has 1 rings (SSSR count). The highest BCUT2D eigenvalue weighted by atomic mass is 16.5. The van der Waals surface area contributed by atoms with Crippen LogP contribution in [0.25, 0.3) is 0 Å². The van der Waals surface area contributed by atoms with Gasteiger partial charge in [0.25, 0.3) is 0 Å². The van der Waals surface area contributed by atoms with E-state index in [4.69, 9.17) is 4.74 Å². The zero-order valence-corrected chi connectivity index (χ0v) is 10.7. The molecule has 0 spiro atoms. The lowest BCUT2D eigenvalue weighted by Gasteiger charge is -2.09. The van der Waals surface area contributed by atoms with Crippen molar-refractivity contribution < 1.29 is 9.53 Å². The van der Waals surface area contributed by atoms with Gasteiger partial charge >= 0.3 is 5.97 Å². The Morgan fingerprint density at radius 2 is 2.00 bits per heavy atom. The molecule has 0 bridgehead atoms. The van der Waals surface area contributed by atoms with Crippen LogP contribution in [-0.2, 0) is 11.2 Å². The van der Waals surface area contributed by atoms with Crippen LogP contribution in [0.15, 0.2) is 24.3 Å². The first-order chi connectivity index (χ1) is 8.27. The van der Waals surface area contributed by atoms with E-state index < -0.39 is 0 Å². The van der Waals surface area contributed by atoms with Crippen LogP contribution >= 0.6 is 0 Å². The van der Waals surface area contributed by atoms with Crippen LogP contribution in [0.5, 0.6) is 5.75 Å². The Bertz CT molecular complexity index is 345. The van der Waals surface area contributed by atoms with Gasteiger partial charge in [-0.3, -0.25) is 4.79 Å². The van der Waals surface area contributed by atoms with E-state index in [2.05, 4.69) is 6.92 Å². The zero-order valence-electron chi connectivity index (χ0n) is 10.7. The fourth-order valence-electron chi connectivity index (χ4n) is 1.72. The minimum Gasteiger partial charge on any atom is -0.426 e. The zero-order chi connectivity index (χ0) is 12.5. The van der Waals surface area contributed by atoms with Crippen molar-refractivity contribution in [3.05, 3.63) is 36.2 Å². The molecule has 93 valence electrons. The molecule has 17 heavy (non-hydrogen) atoms. The number of carbonyl (C=O) groups is 1. The first kappa shape index (κ1) is 13.8. The van der Waals surface area contributed by atoms with Crippen LogP contribution in [0.1, 0.15) is 45.1 Å². The van der Waals surface area contributed by atoms with E-state index in [0.29, 0.717) is 5.75 Å². The summed E-state index contributed by atoms with van der Waals surface area (Å²) in [6.45, 7) is 3.89. The summed E-state index contributed by atoms with van der Waals surface area (Å²) in [5, 5.41) is 0. The molecule has 0 unspecified atom stereocenters. The Hall–Kier alpha value is -1.31. The summed E-state index contributed by atoms with van der Waals surface area (Å²) in [6.07, 6.45) is 7.31. The predicted molar refractivity (Wildman–Crippen MR) is 69.9 cm³/mol. The maximum absolute atomic E-state index is 11.2. The Morgan fingerprint density at radius 3 is 2.71 bits per heavy atom. The molecular weight excluding hydrogens is 212 g/mol. The molecule has 0 atom stereocenters. The summed E-state index contributed by atoms with van der Waals surface area (Å²) in [5.74, 6) is 0.415. The Labute approximate surface area is 104 Å². The number of aryl methyl sites for hydroxylation is 1. The third-order valence-corrected chi connectivity index (χ3v) is 2.72. The van der Waals surface area contributed by atoms with Gasteiger partial charge in [-0.05, 0) is 24.5 Å². The van der Waals surface area contributed by atoms with E-state index >= 15 is 0 Å². The molecule has 0 saturated heterocycles. The number of carbonyl (C=O) groups excluding carboxylic acids is 1. The summed E-state index contributed by atoms with van der Waals surface area (Å²) in [4.78, 5) is 11.2. The average molecular weight is 233 g/mol. The first-order valence-corrected chi connectivity index (χ1v) is 6.37. The fourth-order valence-corrected chi connectivity index (χ4v) is 1.72. The van der Waals surface area contributed by atoms with Gasteiger partial charge in [-0.25, -0.2) is 0 Å². The molecule has 2 heteroatoms. The van der Waals surface area contributed by atoms with Crippen LogP contribution in [-0.4, -0.2) is 5.97 Å². The second kappa shape index (κ2) is 7.88. The highest BCUT2D eigenvalue weighted by molar-refractivity contribution is 5.80. The molecule has 1 aromatic rings. The summed E-state index contributed by atoms with van der Waals surface area (Å²) >= 11 is 0. The molecule has 0 aliphatic rings. The topological polar surface area (TPSA) is 26.3 Å². The van der Waals surface area contributed by atoms with Crippen molar-refractivity contribution in [1.82, 2.24) is 0 Å². The molecule has 2 nitrogen and oxygen atoms in total. The summed E-state index contributed by atoms with van der Waals surface area (Å²) in [7, 11) is 0. The molecule has 1 radical (unpaired) electrons. The summed E-state index contributed by atoms with van der Waals surface area (Å²) in [5.41, 5.74) is 1.12. The number of hydrogen-bond donors (Lipinski definition) is 0. The van der Waals surface area contributed by atoms with Gasteiger partial charge in [0.15, 0.2) is 0 Å². The lowest BCUT2D eigenvalue weighted by Crippen LogP contribution is -2.08. The number of esters is 1. The van der Waals surface area contributed by atoms with Gasteiger partial charge in [0, 0.05) is 0 Å². The largest absolute Gasteiger partial charge is 0.426 e. The van der Waals surface area contributed by atoms with E-state index in [0.717, 1.165) is 18.4 Å². The molecule has 0 aromatic heterocycles. The van der Waals surface area contributed by atoms with Crippen molar-refractivity contribution in [2.45, 2.75) is 46.0 Å². The standard InChI is InChI=1S/C15H21O2/c1-3-5-6-7-10-13-11-8-9-12-14(13)17-15(16)4-2/h4,8-9,11-12H,3,5-7,10H2,1-2H3. The van der Waals surface area contributed by atoms with Gasteiger partial charge in [-0.1, -0.05) is 51.3 Å². The van der Waals surface area contributed by atoms with E-state index in [9.17, 15) is 4.79 Å². The normalized spacial score (nSPS) is 10.2. The van der Waals surface area contributed by atoms with Crippen LogP contribution in [0, 0.1) is 6.42 Å². The minimum atomic E-state index is -0.286. The van der Waals surface area contributed by atoms with E-state index in [-0.39, 0.29) is 5.97 Å². The number of rotatable bonds is 7. The molecule has 0 fully saturated rings. The van der Waals surface area contributed by atoms with Gasteiger partial charge < -0.3 is 4.74 Å². The molecule has 0 heterocycles. The van der Waals surface area contributed by atoms with Crippen LogP contribution in [0.2, 0.25) is 0 Å². The molecule has 0 N–H and O–H groups in total. The number of benzene rings is 1. The SMILES string of the molecule is C[CH]C(=O)Oc1ccccc1CCCCCC. The highest BCUT2D eigenvalue weighted by Gasteiger charge is 2.06. The smallest absolute Gasteiger partial charge is 0.314 e. The van der Waals surface area contributed by atoms with Crippen molar-refractivity contribution in [1.29, 1.82) is 0 Å². The highest BCUT2D eigenvalue weighted by Crippen LogP contribution is 2.21. The second-order valence-corrected chi connectivity index (χ2v) is 4.13. The molecule has 0 saturated carbocycles. The fraction of sp³-hybridized carbons (Fsp3) is 0.467. The first-order valence-electron chi connectivity index (χ1n) is 6.37. The Morgan fingerprint density at radius 1 is 1.24 bits per heavy atom. The maximum atomic E-state index is 11.2. The summed E-state index contributed by atoms with van der Waals surface area (Å²) < 4.78 is 5.26. The van der Waals surface area contributed by atoms with Crippen molar-refractivity contribution in [2.24, 2.45) is 0 Å². The predicted octanol–water partition coefficient (Wildman–Crippen LogP) is 3.94. The van der Waals surface area contributed by atoms with Crippen LogP contribution in [0.4, 0.5) is 0 Å². The quantitative estimate of drug-likeness (QED) is 0.405. The molecule has 0 aliphatic heterocycles. The van der Waals surface area contributed by atoms with Crippen LogP contribution < -0.4 is 4.74 Å². The van der Waals surface area contributed by atoms with Gasteiger partial charge in [0.2, 0.25) is 0 Å². The van der Waals surface area contributed by atoms with E-state index in [1.165, 1.54) is 25.7 Å². The molecular formula is C15H21O2. The Balaban J connectivity index is 2.54. The number of para-hydroxylation sites is 1. The minimum absolute atomic E-state index is 0.286. The monoisotopic (exact) mass is 233 g/mol. The lowest BCUT2D eigenvalue weighted by molar-refractivity contribution is -0.130. The Kier molecular flexibility index (Phi) is 6.38. The summed E-state index contributed by atoms with van der Waals surface area (Å²) in [6, 6.07) is 7.77. The second-order valence-electron chi connectivity index (χ2n) is 4.13. The number of hydrogen-bond acceptors (Lipinski definition) is 2. The van der Waals surface area contributed by atoms with Gasteiger partial charge in [0.05, 0.1) is 6.42 Å². The van der Waals surface area contributed by atoms with Crippen molar-refractivity contribution in [3.63, 3.8) is 0 Å². The molecule has 1 aromatic carbocycles. The number of ether oxygens (including phenoxy) is 1. The van der Waals surface area contributed by atoms with Crippen molar-refractivity contribution in [2.75, 3.05) is 0 Å². The van der Waals surface area contributed by atoms with E-state index in [1.807, 2.05) is 24.3 Å². The maximum Gasteiger partial charge on any atom is 0.314 e. The third kappa shape index (κ3) is 5.03.